The quantitative estimate of drug-likeness (QED) is 0.870. The molecule has 1 aromatic carbocycles. The summed E-state index contributed by atoms with van der Waals surface area (Å²) in [6.07, 6.45) is -0.196. The largest absolute Gasteiger partial charge is 0.504 e. The average Bonchev–Trinajstić information content (AvgIpc) is 2.11. The molecule has 2 N–H and O–H groups in total. The van der Waals surface area contributed by atoms with E-state index in [9.17, 15) is 9.90 Å². The van der Waals surface area contributed by atoms with Crippen LogP contribution in [0.4, 0.5) is 0 Å². The molecule has 0 unspecified atom stereocenters. The highest BCUT2D eigenvalue weighted by Crippen LogP contribution is 2.35. The molecule has 5 heteroatoms. The number of benzene rings is 1. The molecule has 76 valence electrons. The van der Waals surface area contributed by atoms with Gasteiger partial charge in [-0.15, -0.1) is 0 Å². The third-order valence-electron chi connectivity index (χ3n) is 1.71. The number of hydrogen-bond acceptors (Lipinski definition) is 3. The molecule has 0 saturated carbocycles. The van der Waals surface area contributed by atoms with Crippen molar-refractivity contribution in [3.63, 3.8) is 0 Å². The fourth-order valence-corrected chi connectivity index (χ4v) is 1.59. The van der Waals surface area contributed by atoms with Crippen LogP contribution in [0, 0.1) is 0 Å². The van der Waals surface area contributed by atoms with Crippen LogP contribution in [-0.4, -0.2) is 23.3 Å². The van der Waals surface area contributed by atoms with Crippen molar-refractivity contribution in [2.75, 3.05) is 7.11 Å². The molecule has 0 heterocycles. The molecule has 0 aliphatic rings. The van der Waals surface area contributed by atoms with Gasteiger partial charge in [0, 0.05) is 10.0 Å². The van der Waals surface area contributed by atoms with Gasteiger partial charge in [0.15, 0.2) is 11.5 Å². The van der Waals surface area contributed by atoms with Crippen molar-refractivity contribution in [3.05, 3.63) is 22.2 Å². The zero-order valence-corrected chi connectivity index (χ0v) is 9.04. The fourth-order valence-electron chi connectivity index (χ4n) is 1.14. The van der Waals surface area contributed by atoms with Crippen LogP contribution in [0.3, 0.4) is 0 Å². The van der Waals surface area contributed by atoms with Gasteiger partial charge in [0.05, 0.1) is 13.5 Å². The Morgan fingerprint density at radius 3 is 2.71 bits per heavy atom. The van der Waals surface area contributed by atoms with E-state index in [1.54, 1.807) is 6.07 Å². The molecule has 0 aliphatic carbocycles. The number of rotatable bonds is 3. The Bertz CT molecular complexity index is 362. The Morgan fingerprint density at radius 1 is 1.57 bits per heavy atom. The van der Waals surface area contributed by atoms with E-state index < -0.39 is 5.97 Å². The number of hydrogen-bond donors (Lipinski definition) is 2. The van der Waals surface area contributed by atoms with Crippen molar-refractivity contribution in [1.82, 2.24) is 0 Å². The maximum Gasteiger partial charge on any atom is 0.308 e. The van der Waals surface area contributed by atoms with Gasteiger partial charge in [0.1, 0.15) is 0 Å². The molecule has 0 amide bonds. The SMILES string of the molecule is COc1c(O)ccc(Br)c1CC(=O)O. The highest BCUT2D eigenvalue weighted by molar-refractivity contribution is 9.10. The predicted molar refractivity (Wildman–Crippen MR) is 53.7 cm³/mol. The number of carboxylic acid groups (broad SMARTS) is 1. The van der Waals surface area contributed by atoms with Crippen LogP contribution in [-0.2, 0) is 11.2 Å². The van der Waals surface area contributed by atoms with E-state index >= 15 is 0 Å². The monoisotopic (exact) mass is 260 g/mol. The summed E-state index contributed by atoms with van der Waals surface area (Å²) in [4.78, 5) is 10.5. The second kappa shape index (κ2) is 4.32. The Kier molecular flexibility index (Phi) is 3.35. The van der Waals surface area contributed by atoms with Crippen LogP contribution in [0.1, 0.15) is 5.56 Å². The lowest BCUT2D eigenvalue weighted by Gasteiger charge is -2.10. The van der Waals surface area contributed by atoms with Gasteiger partial charge in [-0.2, -0.15) is 0 Å². The van der Waals surface area contributed by atoms with E-state index in [0.717, 1.165) is 0 Å². The predicted octanol–water partition coefficient (Wildman–Crippen LogP) is 1.79. The summed E-state index contributed by atoms with van der Waals surface area (Å²) in [5.41, 5.74) is 0.431. The number of methoxy groups -OCH3 is 1. The van der Waals surface area contributed by atoms with E-state index in [1.807, 2.05) is 0 Å². The summed E-state index contributed by atoms with van der Waals surface area (Å²) in [6, 6.07) is 3.02. The maximum absolute atomic E-state index is 10.5. The van der Waals surface area contributed by atoms with Gasteiger partial charge in [-0.3, -0.25) is 4.79 Å². The minimum absolute atomic E-state index is 0.0630. The zero-order chi connectivity index (χ0) is 10.7. The number of halogens is 1. The highest BCUT2D eigenvalue weighted by Gasteiger charge is 2.14. The maximum atomic E-state index is 10.5. The zero-order valence-electron chi connectivity index (χ0n) is 7.45. The molecule has 0 fully saturated rings. The normalized spacial score (nSPS) is 9.86. The molecule has 0 aromatic heterocycles. The molecule has 0 saturated heterocycles. The van der Waals surface area contributed by atoms with Crippen LogP contribution in [0.2, 0.25) is 0 Å². The van der Waals surface area contributed by atoms with Crippen molar-refractivity contribution < 1.29 is 19.7 Å². The number of carboxylic acids is 1. The summed E-state index contributed by atoms with van der Waals surface area (Å²) in [5, 5.41) is 18.0. The number of phenolic OH excluding ortho intramolecular Hbond substituents is 1. The van der Waals surface area contributed by atoms with Crippen LogP contribution in [0.5, 0.6) is 11.5 Å². The molecule has 4 nitrogen and oxygen atoms in total. The minimum Gasteiger partial charge on any atom is -0.504 e. The van der Waals surface area contributed by atoms with Gasteiger partial charge in [-0.25, -0.2) is 0 Å². The Labute approximate surface area is 89.3 Å². The summed E-state index contributed by atoms with van der Waals surface area (Å²) >= 11 is 3.20. The van der Waals surface area contributed by atoms with Crippen LogP contribution < -0.4 is 4.74 Å². The van der Waals surface area contributed by atoms with E-state index in [-0.39, 0.29) is 17.9 Å². The van der Waals surface area contributed by atoms with Crippen molar-refractivity contribution >= 4 is 21.9 Å². The fraction of sp³-hybridized carbons (Fsp3) is 0.222. The first-order valence-corrected chi connectivity index (χ1v) is 4.61. The Hall–Kier alpha value is -1.23. The molecular formula is C9H9BrO4. The van der Waals surface area contributed by atoms with Crippen LogP contribution in [0.15, 0.2) is 16.6 Å². The first kappa shape index (κ1) is 10.8. The van der Waals surface area contributed by atoms with Crippen LogP contribution >= 0.6 is 15.9 Å². The molecule has 0 radical (unpaired) electrons. The summed E-state index contributed by atoms with van der Waals surface area (Å²) in [5.74, 6) is -0.844. The summed E-state index contributed by atoms with van der Waals surface area (Å²) < 4.78 is 5.52. The number of aliphatic carboxylic acids is 1. The molecule has 1 rings (SSSR count). The number of aromatic hydroxyl groups is 1. The van der Waals surface area contributed by atoms with Gasteiger partial charge in [0.25, 0.3) is 0 Å². The van der Waals surface area contributed by atoms with Crippen LogP contribution in [0.25, 0.3) is 0 Å². The smallest absolute Gasteiger partial charge is 0.308 e. The van der Waals surface area contributed by atoms with E-state index in [2.05, 4.69) is 15.9 Å². The molecule has 0 spiro atoms. The number of carbonyl (C=O) groups is 1. The summed E-state index contributed by atoms with van der Waals surface area (Å²) in [7, 11) is 1.38. The Morgan fingerprint density at radius 2 is 2.21 bits per heavy atom. The van der Waals surface area contributed by atoms with Crippen molar-refractivity contribution in [3.8, 4) is 11.5 Å². The molecule has 0 atom stereocenters. The molecular weight excluding hydrogens is 252 g/mol. The van der Waals surface area contributed by atoms with Gasteiger partial charge in [-0.05, 0) is 12.1 Å². The molecule has 1 aromatic rings. The van der Waals surface area contributed by atoms with Gasteiger partial charge < -0.3 is 14.9 Å². The molecule has 14 heavy (non-hydrogen) atoms. The Balaban J connectivity index is 3.22. The minimum atomic E-state index is -0.977. The first-order valence-electron chi connectivity index (χ1n) is 3.82. The topological polar surface area (TPSA) is 66.8 Å². The van der Waals surface area contributed by atoms with Crippen molar-refractivity contribution in [2.45, 2.75) is 6.42 Å². The van der Waals surface area contributed by atoms with Gasteiger partial charge in [0.2, 0.25) is 0 Å². The number of ether oxygens (including phenoxy) is 1. The lowest BCUT2D eigenvalue weighted by Crippen LogP contribution is -2.03. The van der Waals surface area contributed by atoms with Gasteiger partial charge in [-0.1, -0.05) is 15.9 Å². The van der Waals surface area contributed by atoms with Crippen molar-refractivity contribution in [2.24, 2.45) is 0 Å². The van der Waals surface area contributed by atoms with E-state index in [4.69, 9.17) is 9.84 Å². The second-order valence-corrected chi connectivity index (χ2v) is 3.50. The lowest BCUT2D eigenvalue weighted by molar-refractivity contribution is -0.136. The van der Waals surface area contributed by atoms with Crippen molar-refractivity contribution in [1.29, 1.82) is 0 Å². The second-order valence-electron chi connectivity index (χ2n) is 2.65. The number of phenols is 1. The average molecular weight is 261 g/mol. The lowest BCUT2D eigenvalue weighted by atomic mass is 10.1. The third kappa shape index (κ3) is 2.17. The van der Waals surface area contributed by atoms with E-state index in [0.29, 0.717) is 10.0 Å². The molecule has 0 aliphatic heterocycles. The molecule has 0 bridgehead atoms. The third-order valence-corrected chi connectivity index (χ3v) is 2.46. The summed E-state index contributed by atoms with van der Waals surface area (Å²) in [6.45, 7) is 0. The van der Waals surface area contributed by atoms with E-state index in [1.165, 1.54) is 13.2 Å². The van der Waals surface area contributed by atoms with Gasteiger partial charge >= 0.3 is 5.97 Å². The highest BCUT2D eigenvalue weighted by atomic mass is 79.9. The first-order chi connectivity index (χ1) is 6.56. The standard InChI is InChI=1S/C9H9BrO4/c1-14-9-5(4-8(12)13)6(10)2-3-7(9)11/h2-3,11H,4H2,1H3,(H,12,13).